The Labute approximate surface area is 172 Å². The van der Waals surface area contributed by atoms with Crippen LogP contribution in [0.15, 0.2) is 47.5 Å². The van der Waals surface area contributed by atoms with E-state index in [0.29, 0.717) is 12.2 Å². The zero-order valence-electron chi connectivity index (χ0n) is 17.9. The predicted molar refractivity (Wildman–Crippen MR) is 119 cm³/mol. The van der Waals surface area contributed by atoms with Crippen LogP contribution in [0.5, 0.6) is 5.75 Å². The molecular weight excluding hydrogens is 364 g/mol. The minimum Gasteiger partial charge on any atom is -0.496 e. The fraction of sp³-hybridized carbons (Fsp3) is 0.333. The summed E-state index contributed by atoms with van der Waals surface area (Å²) < 4.78 is 10.6. The summed E-state index contributed by atoms with van der Waals surface area (Å²) in [5.41, 5.74) is 5.67. The quantitative estimate of drug-likeness (QED) is 0.515. The van der Waals surface area contributed by atoms with Crippen LogP contribution in [0.25, 0.3) is 5.57 Å². The molecule has 1 heterocycles. The highest BCUT2D eigenvalue weighted by molar-refractivity contribution is 5.92. The molecule has 2 aromatic carbocycles. The van der Waals surface area contributed by atoms with Crippen molar-refractivity contribution in [1.29, 1.82) is 0 Å². The molecule has 5 heteroatoms. The molecule has 0 saturated heterocycles. The van der Waals surface area contributed by atoms with Gasteiger partial charge in [0.2, 0.25) is 0 Å². The minimum absolute atomic E-state index is 0.0572. The third-order valence-corrected chi connectivity index (χ3v) is 5.30. The number of allylic oxidation sites excluding steroid dienone is 1. The number of anilines is 1. The number of benzene rings is 2. The van der Waals surface area contributed by atoms with Crippen molar-refractivity contribution in [2.75, 3.05) is 25.7 Å². The van der Waals surface area contributed by atoms with Gasteiger partial charge in [-0.3, -0.25) is 4.99 Å². The van der Waals surface area contributed by atoms with Gasteiger partial charge in [-0.25, -0.2) is 4.79 Å². The molecule has 0 fully saturated rings. The molecule has 0 atom stereocenters. The van der Waals surface area contributed by atoms with Gasteiger partial charge in [0, 0.05) is 36.1 Å². The number of rotatable bonds is 5. The van der Waals surface area contributed by atoms with E-state index < -0.39 is 0 Å². The van der Waals surface area contributed by atoms with E-state index in [9.17, 15) is 4.79 Å². The number of esters is 1. The fourth-order valence-corrected chi connectivity index (χ4v) is 3.51. The van der Waals surface area contributed by atoms with Gasteiger partial charge in [0.1, 0.15) is 5.75 Å². The molecule has 1 aliphatic rings. The molecule has 0 bridgehead atoms. The van der Waals surface area contributed by atoms with E-state index in [4.69, 9.17) is 9.47 Å². The molecule has 5 nitrogen and oxygen atoms in total. The highest BCUT2D eigenvalue weighted by Gasteiger charge is 2.29. The number of hydrogen-bond acceptors (Lipinski definition) is 5. The number of likely N-dealkylation sites (N-methyl/N-ethyl adjacent to an activating group) is 1. The first kappa shape index (κ1) is 20.6. The Hall–Kier alpha value is -3.08. The summed E-state index contributed by atoms with van der Waals surface area (Å²) in [6.07, 6.45) is 4.07. The van der Waals surface area contributed by atoms with E-state index in [-0.39, 0.29) is 11.5 Å². The van der Waals surface area contributed by atoms with E-state index in [1.165, 1.54) is 11.1 Å². The molecule has 29 heavy (non-hydrogen) atoms. The number of fused-ring (bicyclic) bond motifs is 1. The second-order valence-corrected chi connectivity index (χ2v) is 7.68. The third kappa shape index (κ3) is 4.19. The Bertz CT molecular complexity index is 972. The van der Waals surface area contributed by atoms with Crippen LogP contribution < -0.4 is 9.64 Å². The zero-order chi connectivity index (χ0) is 21.2. The molecule has 0 radical (unpaired) electrons. The van der Waals surface area contributed by atoms with Crippen LogP contribution in [-0.4, -0.2) is 38.5 Å². The maximum absolute atomic E-state index is 11.8. The number of nitrogens with zero attached hydrogens (tertiary/aromatic N) is 2. The van der Waals surface area contributed by atoms with Crippen molar-refractivity contribution in [2.45, 2.75) is 33.2 Å². The Morgan fingerprint density at radius 1 is 1.21 bits per heavy atom. The van der Waals surface area contributed by atoms with Gasteiger partial charge in [0.05, 0.1) is 30.5 Å². The maximum Gasteiger partial charge on any atom is 0.338 e. The van der Waals surface area contributed by atoms with E-state index in [0.717, 1.165) is 22.7 Å². The molecular formula is C24H28N2O3. The molecule has 0 unspecified atom stereocenters. The number of hydrogen-bond donors (Lipinski definition) is 0. The number of methoxy groups -OCH3 is 1. The molecule has 3 rings (SSSR count). The van der Waals surface area contributed by atoms with Crippen LogP contribution in [0, 0.1) is 0 Å². The maximum atomic E-state index is 11.8. The van der Waals surface area contributed by atoms with Crippen molar-refractivity contribution in [2.24, 2.45) is 4.99 Å². The van der Waals surface area contributed by atoms with Gasteiger partial charge < -0.3 is 14.4 Å². The Kier molecular flexibility index (Phi) is 5.78. The fourth-order valence-electron chi connectivity index (χ4n) is 3.51. The van der Waals surface area contributed by atoms with Crippen molar-refractivity contribution in [3.63, 3.8) is 0 Å². The van der Waals surface area contributed by atoms with Crippen LogP contribution in [-0.2, 0) is 4.74 Å². The Morgan fingerprint density at radius 2 is 1.90 bits per heavy atom. The van der Waals surface area contributed by atoms with Crippen LogP contribution in [0.4, 0.5) is 11.4 Å². The van der Waals surface area contributed by atoms with Gasteiger partial charge in [0.25, 0.3) is 0 Å². The van der Waals surface area contributed by atoms with Crippen LogP contribution in [0.2, 0.25) is 0 Å². The largest absolute Gasteiger partial charge is 0.496 e. The van der Waals surface area contributed by atoms with E-state index in [1.54, 1.807) is 44.5 Å². The lowest BCUT2D eigenvalue weighted by Crippen LogP contribution is -2.42. The van der Waals surface area contributed by atoms with Crippen molar-refractivity contribution in [3.05, 3.63) is 59.2 Å². The molecule has 0 amide bonds. The Morgan fingerprint density at radius 3 is 2.52 bits per heavy atom. The third-order valence-electron chi connectivity index (χ3n) is 5.30. The first-order chi connectivity index (χ1) is 13.8. The first-order valence-electron chi connectivity index (χ1n) is 9.73. The molecule has 0 aliphatic carbocycles. The summed E-state index contributed by atoms with van der Waals surface area (Å²) in [6.45, 7) is 8.67. The summed E-state index contributed by atoms with van der Waals surface area (Å²) in [5, 5.41) is 0. The van der Waals surface area contributed by atoms with Crippen LogP contribution in [0.3, 0.4) is 0 Å². The molecule has 2 aromatic rings. The lowest BCUT2D eigenvalue weighted by molar-refractivity contribution is 0.0526. The monoisotopic (exact) mass is 392 g/mol. The van der Waals surface area contributed by atoms with Crippen molar-refractivity contribution >= 4 is 29.1 Å². The molecule has 1 aliphatic heterocycles. The van der Waals surface area contributed by atoms with Gasteiger partial charge in [-0.1, -0.05) is 6.08 Å². The second-order valence-electron chi connectivity index (χ2n) is 7.68. The summed E-state index contributed by atoms with van der Waals surface area (Å²) in [5.74, 6) is 0.446. The second kappa shape index (κ2) is 8.11. The summed E-state index contributed by atoms with van der Waals surface area (Å²) >= 11 is 0. The van der Waals surface area contributed by atoms with Crippen molar-refractivity contribution in [3.8, 4) is 5.75 Å². The summed E-state index contributed by atoms with van der Waals surface area (Å²) in [4.78, 5) is 18.6. The van der Waals surface area contributed by atoms with E-state index >= 15 is 0 Å². The average Bonchev–Trinajstić information content (AvgIpc) is 2.70. The van der Waals surface area contributed by atoms with Gasteiger partial charge >= 0.3 is 5.97 Å². The van der Waals surface area contributed by atoms with E-state index in [1.807, 2.05) is 0 Å². The smallest absolute Gasteiger partial charge is 0.338 e. The van der Waals surface area contributed by atoms with E-state index in [2.05, 4.69) is 55.9 Å². The van der Waals surface area contributed by atoms with Crippen LogP contribution in [0.1, 0.15) is 49.2 Å². The predicted octanol–water partition coefficient (Wildman–Crippen LogP) is 5.25. The standard InChI is InChI=1S/C24H28N2O3/c1-7-29-23(27)17-8-10-19(11-9-17)25-15-18-12-20-16(2)14-24(3,4)26(5)21(20)13-22(18)28-6/h8-15H,7H2,1-6H3. The number of carbonyl (C=O) groups excluding carboxylic acids is 1. The number of carbonyl (C=O) groups is 1. The lowest BCUT2D eigenvalue weighted by atomic mass is 9.88. The molecule has 0 N–H and O–H groups in total. The highest BCUT2D eigenvalue weighted by atomic mass is 16.5. The van der Waals surface area contributed by atoms with Crippen molar-refractivity contribution < 1.29 is 14.3 Å². The molecule has 0 aromatic heterocycles. The van der Waals surface area contributed by atoms with Gasteiger partial charge in [-0.2, -0.15) is 0 Å². The highest BCUT2D eigenvalue weighted by Crippen LogP contribution is 2.41. The normalized spacial score (nSPS) is 15.1. The topological polar surface area (TPSA) is 51.1 Å². The SMILES string of the molecule is CCOC(=O)c1ccc(N=Cc2cc3c(cc2OC)N(C)C(C)(C)C=C3C)cc1. The van der Waals surface area contributed by atoms with Gasteiger partial charge in [-0.15, -0.1) is 0 Å². The summed E-state index contributed by atoms with van der Waals surface area (Å²) in [6, 6.07) is 11.2. The minimum atomic E-state index is -0.325. The lowest BCUT2D eigenvalue weighted by Gasteiger charge is -2.40. The number of ether oxygens (including phenoxy) is 2. The van der Waals surface area contributed by atoms with Gasteiger partial charge in [-0.05, 0) is 63.6 Å². The summed E-state index contributed by atoms with van der Waals surface area (Å²) in [7, 11) is 3.77. The zero-order valence-corrected chi connectivity index (χ0v) is 17.9. The average molecular weight is 392 g/mol. The van der Waals surface area contributed by atoms with Crippen LogP contribution >= 0.6 is 0 Å². The van der Waals surface area contributed by atoms with Crippen molar-refractivity contribution in [1.82, 2.24) is 0 Å². The van der Waals surface area contributed by atoms with Gasteiger partial charge in [0.15, 0.2) is 0 Å². The Balaban J connectivity index is 1.92. The molecule has 0 spiro atoms. The number of aliphatic imine (C=N–C) groups is 1. The first-order valence-corrected chi connectivity index (χ1v) is 9.73. The molecule has 152 valence electrons. The molecule has 0 saturated carbocycles.